The Kier molecular flexibility index (Phi) is 7.66. The van der Waals surface area contributed by atoms with Crippen LogP contribution in [0.4, 0.5) is 0 Å². The molecule has 160 valence electrons. The molecule has 3 rings (SSSR count). The predicted octanol–water partition coefficient (Wildman–Crippen LogP) is 2.23. The third kappa shape index (κ3) is 6.54. The Hall–Kier alpha value is -1.93. The zero-order valence-corrected chi connectivity index (χ0v) is 17.6. The average molecular weight is 423 g/mol. The summed E-state index contributed by atoms with van der Waals surface area (Å²) in [4.78, 5) is 23.9. The number of aryl methyl sites for hydroxylation is 2. The molecule has 29 heavy (non-hydrogen) atoms. The number of nitrogens with one attached hydrogen (secondary N) is 2. The largest absolute Gasteiger partial charge is 0.456 e. The lowest BCUT2D eigenvalue weighted by atomic mass is 9.92. The fraction of sp³-hybridized carbons (Fsp3) is 0.619. The van der Waals surface area contributed by atoms with Crippen LogP contribution in [0.2, 0.25) is 0 Å². The topological polar surface area (TPSA) is 102 Å². The number of sulfonamides is 1. The fourth-order valence-electron chi connectivity index (χ4n) is 3.98. The Morgan fingerprint density at radius 3 is 2.48 bits per heavy atom. The summed E-state index contributed by atoms with van der Waals surface area (Å²) in [6.45, 7) is -0.393. The molecule has 1 amide bonds. The number of hydrogen-bond acceptors (Lipinski definition) is 5. The Morgan fingerprint density at radius 1 is 1.00 bits per heavy atom. The van der Waals surface area contributed by atoms with Crippen LogP contribution in [0.1, 0.15) is 62.5 Å². The second-order valence-electron chi connectivity index (χ2n) is 7.85. The minimum absolute atomic E-state index is 0.0670. The van der Waals surface area contributed by atoms with Gasteiger partial charge in [0.1, 0.15) is 0 Å². The van der Waals surface area contributed by atoms with Crippen LogP contribution < -0.4 is 10.0 Å². The minimum atomic E-state index is -3.68. The lowest BCUT2D eigenvalue weighted by Crippen LogP contribution is -2.38. The van der Waals surface area contributed by atoms with Gasteiger partial charge in [0.2, 0.25) is 10.0 Å². The van der Waals surface area contributed by atoms with Crippen molar-refractivity contribution >= 4 is 21.9 Å². The molecule has 0 aliphatic heterocycles. The second-order valence-corrected chi connectivity index (χ2v) is 9.62. The summed E-state index contributed by atoms with van der Waals surface area (Å²) >= 11 is 0. The first-order chi connectivity index (χ1) is 13.9. The van der Waals surface area contributed by atoms with Gasteiger partial charge in [-0.1, -0.05) is 25.3 Å². The first kappa shape index (κ1) is 21.8. The van der Waals surface area contributed by atoms with Crippen LogP contribution in [0, 0.1) is 0 Å². The fourth-order valence-corrected chi connectivity index (χ4v) is 5.06. The van der Waals surface area contributed by atoms with Gasteiger partial charge in [0.25, 0.3) is 5.91 Å². The Bertz CT molecular complexity index is 831. The molecule has 0 radical (unpaired) electrons. The SMILES string of the molecule is O=C(COC(=O)CCNS(=O)(=O)c1ccc2c(c1)CCCC2)NC1CCCCC1. The molecule has 2 aliphatic carbocycles. The van der Waals surface area contributed by atoms with Gasteiger partial charge >= 0.3 is 5.97 Å². The van der Waals surface area contributed by atoms with Crippen molar-refractivity contribution in [1.82, 2.24) is 10.0 Å². The molecule has 0 aromatic heterocycles. The molecule has 0 spiro atoms. The average Bonchev–Trinajstić information content (AvgIpc) is 2.72. The molecular weight excluding hydrogens is 392 g/mol. The van der Waals surface area contributed by atoms with E-state index in [1.54, 1.807) is 12.1 Å². The number of amides is 1. The van der Waals surface area contributed by atoms with Crippen molar-refractivity contribution in [3.63, 3.8) is 0 Å². The standard InChI is InChI=1S/C21H30N2O5S/c24-20(23-18-8-2-1-3-9-18)15-28-21(25)12-13-22-29(26,27)19-11-10-16-6-4-5-7-17(16)14-19/h10-11,14,18,22H,1-9,12-13,15H2,(H,23,24). The van der Waals surface area contributed by atoms with E-state index in [0.29, 0.717) is 0 Å². The molecule has 0 atom stereocenters. The van der Waals surface area contributed by atoms with Crippen molar-refractivity contribution in [2.24, 2.45) is 0 Å². The van der Waals surface area contributed by atoms with Crippen LogP contribution in [0.5, 0.6) is 0 Å². The summed E-state index contributed by atoms with van der Waals surface area (Å²) in [6.07, 6.45) is 9.31. The Labute approximate surface area is 172 Å². The highest BCUT2D eigenvalue weighted by Crippen LogP contribution is 2.24. The van der Waals surface area contributed by atoms with Crippen molar-refractivity contribution in [3.8, 4) is 0 Å². The summed E-state index contributed by atoms with van der Waals surface area (Å²) in [7, 11) is -3.68. The molecule has 1 aromatic carbocycles. The summed E-state index contributed by atoms with van der Waals surface area (Å²) in [5, 5.41) is 2.87. The van der Waals surface area contributed by atoms with E-state index in [4.69, 9.17) is 4.74 Å². The maximum atomic E-state index is 12.5. The first-order valence-electron chi connectivity index (χ1n) is 10.5. The molecule has 0 saturated heterocycles. The summed E-state index contributed by atoms with van der Waals surface area (Å²) in [5.41, 5.74) is 2.30. The molecule has 1 saturated carbocycles. The van der Waals surface area contributed by atoms with Crippen LogP contribution in [-0.2, 0) is 37.2 Å². The Balaban J connectivity index is 1.39. The maximum absolute atomic E-state index is 12.5. The summed E-state index contributed by atoms with van der Waals surface area (Å²) in [6, 6.07) is 5.38. The van der Waals surface area contributed by atoms with Crippen molar-refractivity contribution < 1.29 is 22.7 Å². The number of esters is 1. The number of benzene rings is 1. The van der Waals surface area contributed by atoms with E-state index in [9.17, 15) is 18.0 Å². The molecule has 0 unspecified atom stereocenters. The van der Waals surface area contributed by atoms with Gasteiger partial charge in [-0.15, -0.1) is 0 Å². The molecule has 8 heteroatoms. The van der Waals surface area contributed by atoms with Gasteiger partial charge in [-0.25, -0.2) is 13.1 Å². The normalized spacial score (nSPS) is 17.4. The van der Waals surface area contributed by atoms with Gasteiger partial charge in [0.15, 0.2) is 6.61 Å². The van der Waals surface area contributed by atoms with Crippen molar-refractivity contribution in [2.75, 3.05) is 13.2 Å². The number of carbonyl (C=O) groups excluding carboxylic acids is 2. The second kappa shape index (κ2) is 10.2. The van der Waals surface area contributed by atoms with Crippen LogP contribution in [0.15, 0.2) is 23.1 Å². The molecular formula is C21H30N2O5S. The third-order valence-electron chi connectivity index (χ3n) is 5.59. The van der Waals surface area contributed by atoms with Crippen molar-refractivity contribution in [2.45, 2.75) is 75.1 Å². The molecule has 1 aromatic rings. The number of ether oxygens (including phenoxy) is 1. The third-order valence-corrected chi connectivity index (χ3v) is 7.04. The Morgan fingerprint density at radius 2 is 1.72 bits per heavy atom. The molecule has 2 N–H and O–H groups in total. The van der Waals surface area contributed by atoms with Crippen molar-refractivity contribution in [1.29, 1.82) is 0 Å². The smallest absolute Gasteiger partial charge is 0.307 e. The van der Waals surface area contributed by atoms with E-state index >= 15 is 0 Å². The molecule has 7 nitrogen and oxygen atoms in total. The van der Waals surface area contributed by atoms with Crippen LogP contribution in [0.25, 0.3) is 0 Å². The van der Waals surface area contributed by atoms with Gasteiger partial charge in [0, 0.05) is 12.6 Å². The number of carbonyl (C=O) groups is 2. The van der Waals surface area contributed by atoms with Gasteiger partial charge in [-0.05, 0) is 61.8 Å². The zero-order valence-electron chi connectivity index (χ0n) is 16.7. The highest BCUT2D eigenvalue weighted by Gasteiger charge is 2.19. The van der Waals surface area contributed by atoms with Crippen molar-refractivity contribution in [3.05, 3.63) is 29.3 Å². The van der Waals surface area contributed by atoms with E-state index in [0.717, 1.165) is 56.9 Å². The predicted molar refractivity (Wildman–Crippen MR) is 109 cm³/mol. The highest BCUT2D eigenvalue weighted by atomic mass is 32.2. The quantitative estimate of drug-likeness (QED) is 0.626. The summed E-state index contributed by atoms with van der Waals surface area (Å²) < 4.78 is 32.3. The van der Waals surface area contributed by atoms with E-state index in [1.165, 1.54) is 12.0 Å². The number of fused-ring (bicyclic) bond motifs is 1. The lowest BCUT2D eigenvalue weighted by molar-refractivity contribution is -0.148. The van der Waals surface area contributed by atoms with Gasteiger partial charge in [-0.2, -0.15) is 0 Å². The number of rotatable bonds is 8. The lowest BCUT2D eigenvalue weighted by Gasteiger charge is -2.22. The van der Waals surface area contributed by atoms with Gasteiger partial charge in [0.05, 0.1) is 11.3 Å². The molecule has 1 fully saturated rings. The van der Waals surface area contributed by atoms with Gasteiger partial charge in [-0.3, -0.25) is 9.59 Å². The first-order valence-corrected chi connectivity index (χ1v) is 12.0. The number of hydrogen-bond donors (Lipinski definition) is 2. The van der Waals surface area contributed by atoms with Crippen LogP contribution >= 0.6 is 0 Å². The van der Waals surface area contributed by atoms with Crippen LogP contribution in [0.3, 0.4) is 0 Å². The van der Waals surface area contributed by atoms with Gasteiger partial charge < -0.3 is 10.1 Å². The minimum Gasteiger partial charge on any atom is -0.456 e. The molecule has 2 aliphatic rings. The van der Waals surface area contributed by atoms with E-state index in [2.05, 4.69) is 10.0 Å². The molecule has 0 heterocycles. The van der Waals surface area contributed by atoms with E-state index < -0.39 is 16.0 Å². The van der Waals surface area contributed by atoms with E-state index in [1.807, 2.05) is 6.07 Å². The monoisotopic (exact) mass is 422 g/mol. The maximum Gasteiger partial charge on any atom is 0.307 e. The summed E-state index contributed by atoms with van der Waals surface area (Å²) in [5.74, 6) is -0.906. The van der Waals surface area contributed by atoms with Crippen LogP contribution in [-0.4, -0.2) is 39.5 Å². The van der Waals surface area contributed by atoms with E-state index in [-0.39, 0.29) is 36.4 Å². The zero-order chi connectivity index (χ0) is 20.7. The highest BCUT2D eigenvalue weighted by molar-refractivity contribution is 7.89. The molecule has 0 bridgehead atoms.